The Morgan fingerprint density at radius 1 is 0.875 bits per heavy atom. The number of rotatable bonds is 9. The maximum atomic E-state index is 13.0. The summed E-state index contributed by atoms with van der Waals surface area (Å²) < 4.78 is 13.0. The van der Waals surface area contributed by atoms with Gasteiger partial charge in [0.05, 0.1) is 13.0 Å². The van der Waals surface area contributed by atoms with Gasteiger partial charge >= 0.3 is 0 Å². The Kier molecular flexibility index (Phi) is 8.14. The summed E-state index contributed by atoms with van der Waals surface area (Å²) in [5.41, 5.74) is 3.49. The van der Waals surface area contributed by atoms with Gasteiger partial charge in [0, 0.05) is 18.7 Å². The number of nitrogens with zero attached hydrogens (tertiary/aromatic N) is 1. The highest BCUT2D eigenvalue weighted by molar-refractivity contribution is 5.93. The quantitative estimate of drug-likeness (QED) is 0.501. The lowest BCUT2D eigenvalue weighted by molar-refractivity contribution is -0.120. The standard InChI is InChI=1S/C27H29FN2O2/c1-20(2)15-27(32)30(19-22-7-4-3-5-8-22)25-10-6-9-23(16-25)17-26(31)29-18-21-11-13-24(28)14-12-21/h3-14,16,20H,15,17-19H2,1-2H3,(H,29,31). The van der Waals surface area contributed by atoms with Crippen LogP contribution in [0.3, 0.4) is 0 Å². The minimum atomic E-state index is -0.302. The summed E-state index contributed by atoms with van der Waals surface area (Å²) in [6, 6.07) is 23.5. The fourth-order valence-electron chi connectivity index (χ4n) is 3.43. The van der Waals surface area contributed by atoms with Crippen molar-refractivity contribution in [3.8, 4) is 0 Å². The third kappa shape index (κ3) is 7.05. The van der Waals surface area contributed by atoms with Crippen LogP contribution in [-0.4, -0.2) is 11.8 Å². The Labute approximate surface area is 189 Å². The monoisotopic (exact) mass is 432 g/mol. The summed E-state index contributed by atoms with van der Waals surface area (Å²) in [4.78, 5) is 27.2. The number of carbonyl (C=O) groups is 2. The molecule has 1 N–H and O–H groups in total. The highest BCUT2D eigenvalue weighted by atomic mass is 19.1. The lowest BCUT2D eigenvalue weighted by atomic mass is 10.1. The highest BCUT2D eigenvalue weighted by Gasteiger charge is 2.18. The van der Waals surface area contributed by atoms with Crippen LogP contribution in [0.25, 0.3) is 0 Å². The zero-order chi connectivity index (χ0) is 22.9. The maximum Gasteiger partial charge on any atom is 0.227 e. The summed E-state index contributed by atoms with van der Waals surface area (Å²) in [6.45, 7) is 4.87. The number of halogens is 1. The van der Waals surface area contributed by atoms with Crippen molar-refractivity contribution in [2.45, 2.75) is 39.8 Å². The van der Waals surface area contributed by atoms with Crippen molar-refractivity contribution in [3.05, 3.63) is 101 Å². The normalized spacial score (nSPS) is 10.8. The van der Waals surface area contributed by atoms with E-state index in [2.05, 4.69) is 5.32 Å². The van der Waals surface area contributed by atoms with Crippen molar-refractivity contribution in [1.29, 1.82) is 0 Å². The van der Waals surface area contributed by atoms with Gasteiger partial charge in [-0.1, -0.05) is 68.4 Å². The first-order valence-electron chi connectivity index (χ1n) is 10.8. The first kappa shape index (κ1) is 23.2. The predicted octanol–water partition coefficient (Wildman–Crippen LogP) is 5.26. The molecule has 0 aliphatic carbocycles. The van der Waals surface area contributed by atoms with Crippen molar-refractivity contribution < 1.29 is 14.0 Å². The number of hydrogen-bond acceptors (Lipinski definition) is 2. The van der Waals surface area contributed by atoms with Crippen LogP contribution in [0.1, 0.15) is 37.0 Å². The van der Waals surface area contributed by atoms with Gasteiger partial charge in [-0.25, -0.2) is 4.39 Å². The van der Waals surface area contributed by atoms with E-state index in [-0.39, 0.29) is 30.0 Å². The van der Waals surface area contributed by atoms with Crippen LogP contribution in [0.15, 0.2) is 78.9 Å². The molecular formula is C27H29FN2O2. The van der Waals surface area contributed by atoms with E-state index in [0.29, 0.717) is 19.5 Å². The van der Waals surface area contributed by atoms with Gasteiger partial charge in [0.15, 0.2) is 0 Å². The third-order valence-corrected chi connectivity index (χ3v) is 5.06. The van der Waals surface area contributed by atoms with E-state index in [1.54, 1.807) is 17.0 Å². The Morgan fingerprint density at radius 2 is 1.56 bits per heavy atom. The van der Waals surface area contributed by atoms with E-state index in [1.165, 1.54) is 12.1 Å². The molecule has 166 valence electrons. The Morgan fingerprint density at radius 3 is 2.25 bits per heavy atom. The highest BCUT2D eigenvalue weighted by Crippen LogP contribution is 2.22. The summed E-state index contributed by atoms with van der Waals surface area (Å²) in [5, 5.41) is 2.86. The van der Waals surface area contributed by atoms with Crippen LogP contribution in [0, 0.1) is 11.7 Å². The molecule has 0 aliphatic rings. The molecule has 3 aromatic carbocycles. The fraction of sp³-hybridized carbons (Fsp3) is 0.259. The van der Waals surface area contributed by atoms with E-state index < -0.39 is 0 Å². The number of nitrogens with one attached hydrogen (secondary N) is 1. The molecule has 0 saturated heterocycles. The molecule has 2 amide bonds. The molecule has 0 heterocycles. The first-order valence-corrected chi connectivity index (χ1v) is 10.8. The molecule has 0 saturated carbocycles. The molecule has 0 unspecified atom stereocenters. The molecule has 3 aromatic rings. The molecule has 0 bridgehead atoms. The van der Waals surface area contributed by atoms with Crippen LogP contribution >= 0.6 is 0 Å². The summed E-state index contributed by atoms with van der Waals surface area (Å²) in [6.07, 6.45) is 0.655. The Balaban J connectivity index is 1.70. The van der Waals surface area contributed by atoms with Gasteiger partial charge < -0.3 is 10.2 Å². The number of carbonyl (C=O) groups excluding carboxylic acids is 2. The lowest BCUT2D eigenvalue weighted by Crippen LogP contribution is -2.31. The van der Waals surface area contributed by atoms with Gasteiger partial charge in [0.1, 0.15) is 5.82 Å². The number of amides is 2. The third-order valence-electron chi connectivity index (χ3n) is 5.06. The van der Waals surface area contributed by atoms with Gasteiger partial charge in [-0.05, 0) is 46.9 Å². The number of anilines is 1. The molecule has 32 heavy (non-hydrogen) atoms. The van der Waals surface area contributed by atoms with Crippen molar-refractivity contribution in [3.63, 3.8) is 0 Å². The van der Waals surface area contributed by atoms with Gasteiger partial charge in [-0.2, -0.15) is 0 Å². The summed E-state index contributed by atoms with van der Waals surface area (Å²) >= 11 is 0. The number of hydrogen-bond donors (Lipinski definition) is 1. The van der Waals surface area contributed by atoms with Crippen LogP contribution in [0.2, 0.25) is 0 Å². The second-order valence-corrected chi connectivity index (χ2v) is 8.31. The smallest absolute Gasteiger partial charge is 0.227 e. The van der Waals surface area contributed by atoms with Crippen molar-refractivity contribution in [2.75, 3.05) is 4.90 Å². The SMILES string of the molecule is CC(C)CC(=O)N(Cc1ccccc1)c1cccc(CC(=O)NCc2ccc(F)cc2)c1. The minimum Gasteiger partial charge on any atom is -0.352 e. The van der Waals surface area contributed by atoms with Crippen molar-refractivity contribution in [2.24, 2.45) is 5.92 Å². The molecule has 4 nitrogen and oxygen atoms in total. The Hall–Kier alpha value is -3.47. The average Bonchev–Trinajstić information content (AvgIpc) is 2.77. The van der Waals surface area contributed by atoms with Crippen molar-refractivity contribution in [1.82, 2.24) is 5.32 Å². The zero-order valence-corrected chi connectivity index (χ0v) is 18.6. The van der Waals surface area contributed by atoms with Crippen LogP contribution < -0.4 is 10.2 Å². The second kappa shape index (κ2) is 11.2. The topological polar surface area (TPSA) is 49.4 Å². The summed E-state index contributed by atoms with van der Waals surface area (Å²) in [7, 11) is 0. The van der Waals surface area contributed by atoms with Gasteiger partial charge in [0.2, 0.25) is 11.8 Å². The zero-order valence-electron chi connectivity index (χ0n) is 18.6. The first-order chi connectivity index (χ1) is 15.4. The Bertz CT molecular complexity index is 1030. The van der Waals surface area contributed by atoms with Gasteiger partial charge in [-0.15, -0.1) is 0 Å². The molecule has 0 atom stereocenters. The largest absolute Gasteiger partial charge is 0.352 e. The molecular weight excluding hydrogens is 403 g/mol. The molecule has 0 radical (unpaired) electrons. The fourth-order valence-corrected chi connectivity index (χ4v) is 3.43. The van der Waals surface area contributed by atoms with E-state index in [1.807, 2.05) is 68.4 Å². The van der Waals surface area contributed by atoms with Crippen molar-refractivity contribution >= 4 is 17.5 Å². The molecule has 5 heteroatoms. The minimum absolute atomic E-state index is 0.0572. The van der Waals surface area contributed by atoms with E-state index in [9.17, 15) is 14.0 Å². The van der Waals surface area contributed by atoms with Crippen LogP contribution in [0.5, 0.6) is 0 Å². The molecule has 0 spiro atoms. The predicted molar refractivity (Wildman–Crippen MR) is 125 cm³/mol. The average molecular weight is 433 g/mol. The van der Waals surface area contributed by atoms with E-state index >= 15 is 0 Å². The lowest BCUT2D eigenvalue weighted by Gasteiger charge is -2.24. The maximum absolute atomic E-state index is 13.0. The molecule has 3 rings (SSSR count). The molecule has 0 aromatic heterocycles. The number of benzene rings is 3. The molecule has 0 aliphatic heterocycles. The molecule has 0 fully saturated rings. The van der Waals surface area contributed by atoms with Gasteiger partial charge in [-0.3, -0.25) is 9.59 Å². The van der Waals surface area contributed by atoms with Crippen LogP contribution in [-0.2, 0) is 29.1 Å². The van der Waals surface area contributed by atoms with E-state index in [4.69, 9.17) is 0 Å². The van der Waals surface area contributed by atoms with E-state index in [0.717, 1.165) is 22.4 Å². The van der Waals surface area contributed by atoms with Gasteiger partial charge in [0.25, 0.3) is 0 Å². The summed E-state index contributed by atoms with van der Waals surface area (Å²) in [5.74, 6) is -0.124. The second-order valence-electron chi connectivity index (χ2n) is 8.31. The van der Waals surface area contributed by atoms with Crippen LogP contribution in [0.4, 0.5) is 10.1 Å².